The van der Waals surface area contributed by atoms with E-state index in [0.717, 1.165) is 17.0 Å². The van der Waals surface area contributed by atoms with Gasteiger partial charge in [-0.15, -0.1) is 0 Å². The fourth-order valence-corrected chi connectivity index (χ4v) is 7.44. The maximum absolute atomic E-state index is 14.4. The standard InChI is InChI=1S/C31H46N6O5SSi2/c1-23(42-45(10,11)31(2,3)4)24-14-15-32-28(18-24)36-21-26(20-34-36)43(38,39)37(22-41-16-17-44(7,8)9)30-27(40-6)13-12-25-19-33-35(5)29(25)30/h12-15,18-21H,1,16-17,22H2,2-11H3. The van der Waals surface area contributed by atoms with E-state index in [9.17, 15) is 8.42 Å². The molecule has 4 aromatic rings. The van der Waals surface area contributed by atoms with Crippen LogP contribution in [0.5, 0.6) is 5.75 Å². The first-order chi connectivity index (χ1) is 20.9. The molecule has 0 bridgehead atoms. The molecule has 0 aliphatic rings. The molecule has 11 nitrogen and oxygen atoms in total. The molecule has 1 aromatic carbocycles. The predicted octanol–water partition coefficient (Wildman–Crippen LogP) is 6.66. The summed E-state index contributed by atoms with van der Waals surface area (Å²) in [6, 6.07) is 8.08. The van der Waals surface area contributed by atoms with Gasteiger partial charge in [0.2, 0.25) is 8.32 Å². The van der Waals surface area contributed by atoms with E-state index in [0.29, 0.717) is 35.1 Å². The van der Waals surface area contributed by atoms with Crippen molar-refractivity contribution in [3.8, 4) is 11.6 Å². The number of hydrogen-bond donors (Lipinski definition) is 0. The Morgan fingerprint density at radius 1 is 1.07 bits per heavy atom. The molecule has 0 saturated heterocycles. The fourth-order valence-electron chi connectivity index (χ4n) is 4.34. The topological polar surface area (TPSA) is 114 Å². The third kappa shape index (κ3) is 7.51. The molecule has 45 heavy (non-hydrogen) atoms. The van der Waals surface area contributed by atoms with Crippen LogP contribution in [0.4, 0.5) is 5.69 Å². The lowest BCUT2D eigenvalue weighted by molar-refractivity contribution is 0.156. The molecule has 0 radical (unpaired) electrons. The van der Waals surface area contributed by atoms with Crippen molar-refractivity contribution in [2.75, 3.05) is 24.8 Å². The zero-order valence-electron chi connectivity index (χ0n) is 28.1. The van der Waals surface area contributed by atoms with Crippen LogP contribution in [-0.2, 0) is 26.2 Å². The molecule has 4 rings (SSSR count). The summed E-state index contributed by atoms with van der Waals surface area (Å²) in [6.07, 6.45) is 6.08. The van der Waals surface area contributed by atoms with E-state index < -0.39 is 26.4 Å². The van der Waals surface area contributed by atoms with E-state index in [1.807, 2.05) is 12.1 Å². The number of aryl methyl sites for hydroxylation is 1. The summed E-state index contributed by atoms with van der Waals surface area (Å²) in [7, 11) is -4.45. The SMILES string of the molecule is C=C(O[Si](C)(C)C(C)(C)C)c1ccnc(-n2cc(S(=O)(=O)N(COCC[Si](C)(C)C)c3c(OC)ccc4cnn(C)c34)cn2)c1. The fraction of sp³-hybridized carbons (Fsp3) is 0.452. The number of sulfonamides is 1. The number of methoxy groups -OCH3 is 1. The molecule has 0 unspecified atom stereocenters. The lowest BCUT2D eigenvalue weighted by Gasteiger charge is -2.37. The molecule has 0 amide bonds. The number of nitrogens with zero attached hydrogens (tertiary/aromatic N) is 6. The minimum absolute atomic E-state index is 0.00377. The van der Waals surface area contributed by atoms with Gasteiger partial charge in [-0.25, -0.2) is 22.4 Å². The van der Waals surface area contributed by atoms with Crippen molar-refractivity contribution in [2.24, 2.45) is 7.05 Å². The first-order valence-corrected chi connectivity index (χ1v) is 22.9. The lowest BCUT2D eigenvalue weighted by Crippen LogP contribution is -2.40. The van der Waals surface area contributed by atoms with Gasteiger partial charge in [-0.2, -0.15) is 10.2 Å². The van der Waals surface area contributed by atoms with Crippen LogP contribution in [0, 0.1) is 0 Å². The Morgan fingerprint density at radius 2 is 1.78 bits per heavy atom. The van der Waals surface area contributed by atoms with Crippen LogP contribution in [0.1, 0.15) is 26.3 Å². The van der Waals surface area contributed by atoms with E-state index in [4.69, 9.17) is 13.9 Å². The molecule has 244 valence electrons. The highest BCUT2D eigenvalue weighted by Crippen LogP contribution is 2.40. The maximum Gasteiger partial charge on any atom is 0.269 e. The van der Waals surface area contributed by atoms with Crippen LogP contribution in [0.2, 0.25) is 43.8 Å². The van der Waals surface area contributed by atoms with Crippen molar-refractivity contribution in [1.29, 1.82) is 0 Å². The Morgan fingerprint density at radius 3 is 2.42 bits per heavy atom. The Bertz CT molecular complexity index is 1790. The van der Waals surface area contributed by atoms with Crippen LogP contribution in [0.3, 0.4) is 0 Å². The molecule has 0 atom stereocenters. The molecule has 14 heteroatoms. The molecule has 0 aliphatic heterocycles. The summed E-state index contributed by atoms with van der Waals surface area (Å²) in [5.41, 5.74) is 1.69. The van der Waals surface area contributed by atoms with Gasteiger partial charge in [-0.05, 0) is 48.4 Å². The normalized spacial score (nSPS) is 12.8. The van der Waals surface area contributed by atoms with Gasteiger partial charge in [-0.3, -0.25) is 4.68 Å². The van der Waals surface area contributed by atoms with Crippen molar-refractivity contribution in [2.45, 2.75) is 69.5 Å². The van der Waals surface area contributed by atoms with Crippen LogP contribution >= 0.6 is 0 Å². The van der Waals surface area contributed by atoms with Crippen LogP contribution in [-0.4, -0.2) is 69.8 Å². The molecule has 0 saturated carbocycles. The first-order valence-electron chi connectivity index (χ1n) is 14.8. The van der Waals surface area contributed by atoms with Gasteiger partial charge in [0.1, 0.15) is 28.8 Å². The summed E-state index contributed by atoms with van der Waals surface area (Å²) in [5.74, 6) is 1.35. The zero-order chi connectivity index (χ0) is 33.4. The number of benzene rings is 1. The third-order valence-corrected chi connectivity index (χ3v) is 15.9. The number of rotatable bonds is 13. The van der Waals surface area contributed by atoms with Crippen LogP contribution in [0.15, 0.2) is 60.5 Å². The van der Waals surface area contributed by atoms with E-state index in [1.54, 1.807) is 36.3 Å². The number of ether oxygens (including phenoxy) is 2. The molecule has 0 fully saturated rings. The Labute approximate surface area is 269 Å². The maximum atomic E-state index is 14.4. The average molecular weight is 671 g/mol. The Hall–Kier alpha value is -3.47. The lowest BCUT2D eigenvalue weighted by atomic mass is 10.2. The van der Waals surface area contributed by atoms with Crippen LogP contribution in [0.25, 0.3) is 22.5 Å². The third-order valence-electron chi connectivity index (χ3n) is 8.15. The summed E-state index contributed by atoms with van der Waals surface area (Å²) in [6.45, 7) is 22.0. The van der Waals surface area contributed by atoms with Gasteiger partial charge in [0, 0.05) is 38.9 Å². The number of hydrogen-bond acceptors (Lipinski definition) is 8. The minimum Gasteiger partial charge on any atom is -0.543 e. The highest BCUT2D eigenvalue weighted by atomic mass is 32.2. The number of aromatic nitrogens is 5. The molecular weight excluding hydrogens is 625 g/mol. The number of pyridine rings is 1. The largest absolute Gasteiger partial charge is 0.543 e. The smallest absolute Gasteiger partial charge is 0.269 e. The van der Waals surface area contributed by atoms with Crippen molar-refractivity contribution in [1.82, 2.24) is 24.5 Å². The van der Waals surface area contributed by atoms with Gasteiger partial charge in [0.05, 0.1) is 31.2 Å². The van der Waals surface area contributed by atoms with E-state index >= 15 is 0 Å². The van der Waals surface area contributed by atoms with Crippen molar-refractivity contribution < 1.29 is 22.3 Å². The highest BCUT2D eigenvalue weighted by Gasteiger charge is 2.39. The highest BCUT2D eigenvalue weighted by molar-refractivity contribution is 7.92. The van der Waals surface area contributed by atoms with E-state index in [-0.39, 0.29) is 16.7 Å². The van der Waals surface area contributed by atoms with Crippen LogP contribution < -0.4 is 9.04 Å². The number of anilines is 1. The Balaban J connectivity index is 1.72. The van der Waals surface area contributed by atoms with Gasteiger partial charge < -0.3 is 13.9 Å². The first kappa shape index (κ1) is 34.4. The summed E-state index contributed by atoms with van der Waals surface area (Å²) in [4.78, 5) is 4.42. The van der Waals surface area contributed by atoms with Crippen molar-refractivity contribution in [3.63, 3.8) is 0 Å². The molecule has 0 spiro atoms. The average Bonchev–Trinajstić information content (AvgIpc) is 3.59. The number of fused-ring (bicyclic) bond motifs is 1. The molecule has 0 N–H and O–H groups in total. The van der Waals surface area contributed by atoms with Crippen molar-refractivity contribution in [3.05, 3.63) is 61.2 Å². The van der Waals surface area contributed by atoms with Crippen molar-refractivity contribution >= 4 is 48.8 Å². The molecular formula is C31H46N6O5SSi2. The summed E-state index contributed by atoms with van der Waals surface area (Å²) >= 11 is 0. The van der Waals surface area contributed by atoms with Gasteiger partial charge in [-0.1, -0.05) is 47.0 Å². The van der Waals surface area contributed by atoms with Gasteiger partial charge >= 0.3 is 0 Å². The monoisotopic (exact) mass is 670 g/mol. The second kappa shape index (κ2) is 12.7. The predicted molar refractivity (Wildman–Crippen MR) is 185 cm³/mol. The molecule has 3 heterocycles. The van der Waals surface area contributed by atoms with Gasteiger partial charge in [0.15, 0.2) is 5.82 Å². The summed E-state index contributed by atoms with van der Waals surface area (Å²) < 4.78 is 51.2. The van der Waals surface area contributed by atoms with Gasteiger partial charge in [0.25, 0.3) is 10.0 Å². The minimum atomic E-state index is -4.19. The van der Waals surface area contributed by atoms with E-state index in [1.165, 1.54) is 28.5 Å². The second-order valence-electron chi connectivity index (χ2n) is 13.8. The second-order valence-corrected chi connectivity index (χ2v) is 26.0. The quantitative estimate of drug-likeness (QED) is 0.0672. The zero-order valence-corrected chi connectivity index (χ0v) is 30.9. The molecule has 0 aliphatic carbocycles. The van der Waals surface area contributed by atoms with E-state index in [2.05, 4.69) is 75.3 Å². The Kier molecular flexibility index (Phi) is 9.74. The summed E-state index contributed by atoms with van der Waals surface area (Å²) in [5, 5.41) is 9.53. The molecule has 3 aromatic heterocycles.